The second kappa shape index (κ2) is 24.4. The van der Waals surface area contributed by atoms with Crippen molar-refractivity contribution in [1.29, 1.82) is 0 Å². The largest absolute Gasteiger partial charge is 0.493 e. The molecule has 10 rings (SSSR count). The third kappa shape index (κ3) is 12.2. The van der Waals surface area contributed by atoms with Crippen LogP contribution in [-0.4, -0.2) is 126 Å². The summed E-state index contributed by atoms with van der Waals surface area (Å²) in [7, 11) is 0. The van der Waals surface area contributed by atoms with Crippen LogP contribution < -0.4 is 20.5 Å². The van der Waals surface area contributed by atoms with Crippen LogP contribution in [0.2, 0.25) is 0 Å². The number of nitrogen functional groups attached to an aromatic ring is 1. The zero-order chi connectivity index (χ0) is 53.4. The van der Waals surface area contributed by atoms with Crippen molar-refractivity contribution in [2.45, 2.75) is 103 Å². The number of aryl methyl sites for hydroxylation is 1. The molecule has 3 aliphatic rings. The first-order valence-corrected chi connectivity index (χ1v) is 27.8. The maximum atomic E-state index is 14.3. The predicted molar refractivity (Wildman–Crippen MR) is 296 cm³/mol. The van der Waals surface area contributed by atoms with Crippen molar-refractivity contribution in [1.82, 2.24) is 44.7 Å². The zero-order valence-electron chi connectivity index (χ0n) is 44.1. The quantitative estimate of drug-likeness (QED) is 0.0544. The van der Waals surface area contributed by atoms with Crippen LogP contribution in [0.25, 0.3) is 32.7 Å². The number of amides is 3. The monoisotopic (exact) mass is 1060 g/mol. The van der Waals surface area contributed by atoms with E-state index in [-0.39, 0.29) is 49.2 Å². The molecule has 3 aromatic heterocycles. The average Bonchev–Trinajstić information content (AvgIpc) is 4.30. The topological polar surface area (TPSA) is 203 Å². The first-order chi connectivity index (χ1) is 37.5. The highest BCUT2D eigenvalue weighted by Gasteiger charge is 2.46. The number of hydrogen-bond acceptors (Lipinski definition) is 14. The highest BCUT2D eigenvalue weighted by Crippen LogP contribution is 2.37. The highest BCUT2D eigenvalue weighted by molar-refractivity contribution is 7.13. The molecule has 0 saturated carbocycles. The normalized spacial score (nSPS) is 17.3. The van der Waals surface area contributed by atoms with Crippen molar-refractivity contribution >= 4 is 45.9 Å². The van der Waals surface area contributed by atoms with Gasteiger partial charge in [-0.1, -0.05) is 62.4 Å². The van der Waals surface area contributed by atoms with E-state index in [2.05, 4.69) is 29.9 Å². The van der Waals surface area contributed by atoms with Crippen LogP contribution in [-0.2, 0) is 27.4 Å². The number of nitrogens with zero attached hydrogens (tertiary/aromatic N) is 8. The fourth-order valence-electron chi connectivity index (χ4n) is 10.9. The van der Waals surface area contributed by atoms with Gasteiger partial charge in [0.2, 0.25) is 11.8 Å². The maximum absolute atomic E-state index is 14.3. The summed E-state index contributed by atoms with van der Waals surface area (Å²) in [6, 6.07) is 29.5. The number of unbranched alkanes of at least 4 members (excludes halogenated alkanes) is 2. The molecule has 7 aromatic rings. The smallest absolute Gasteiger partial charge is 0.255 e. The van der Waals surface area contributed by atoms with E-state index in [0.29, 0.717) is 43.5 Å². The Morgan fingerprint density at radius 2 is 1.60 bits per heavy atom. The van der Waals surface area contributed by atoms with Gasteiger partial charge in [-0.25, -0.2) is 19.6 Å². The standard InChI is InChI=1S/C59H68N10O7S/c1-38(2)53(68-34-43-13-7-8-16-48(43)58(68)72)59(73)67-35-45(70)32-49(67)57(71)61-33-42-18-17-41(54-39(3)64-37-77-54)31-50(42)75-30-12-11-29-74-28-10-9-25-66-26-23-44(24-27-66)69-56-51(55(60)62-36-63-56)52(65-69)40-19-21-47(22-20-40)76-46-14-5-4-6-15-46/h4-8,13-22,31,36-38,44-45,49,53,70H,9-12,23-30,32-35H2,1-3H3,(H,61,71)(H2,60,62,63)/t45-,49+,53+/m1/s1. The molecule has 77 heavy (non-hydrogen) atoms. The van der Waals surface area contributed by atoms with Gasteiger partial charge in [-0.3, -0.25) is 14.4 Å². The summed E-state index contributed by atoms with van der Waals surface area (Å²) in [5.41, 5.74) is 14.9. The Kier molecular flexibility index (Phi) is 16.8. The number of aliphatic hydroxyl groups excluding tert-OH is 1. The van der Waals surface area contributed by atoms with Crippen molar-refractivity contribution in [3.8, 4) is 38.9 Å². The lowest BCUT2D eigenvalue weighted by Gasteiger charge is -2.35. The van der Waals surface area contributed by atoms with Gasteiger partial charge in [-0.05, 0) is 118 Å². The molecule has 2 saturated heterocycles. The third-order valence-electron chi connectivity index (χ3n) is 14.9. The van der Waals surface area contributed by atoms with Gasteiger partial charge in [-0.2, -0.15) is 5.10 Å². The fourth-order valence-corrected chi connectivity index (χ4v) is 11.7. The number of carbonyl (C=O) groups is 3. The van der Waals surface area contributed by atoms with E-state index in [0.717, 1.165) is 119 Å². The lowest BCUT2D eigenvalue weighted by atomic mass is 10.0. The number of β-amino-alcohol motifs (C(OH)–C–C–N with tert-alkyl or cyclic N) is 1. The number of aromatic nitrogens is 5. The van der Waals surface area contributed by atoms with Crippen LogP contribution in [0.5, 0.6) is 17.2 Å². The molecular weight excluding hydrogens is 993 g/mol. The zero-order valence-corrected chi connectivity index (χ0v) is 44.9. The van der Waals surface area contributed by atoms with Crippen LogP contribution in [0.3, 0.4) is 0 Å². The summed E-state index contributed by atoms with van der Waals surface area (Å²) < 4.78 is 20.6. The summed E-state index contributed by atoms with van der Waals surface area (Å²) >= 11 is 1.56. The summed E-state index contributed by atoms with van der Waals surface area (Å²) in [4.78, 5) is 61.8. The van der Waals surface area contributed by atoms with E-state index in [1.807, 2.05) is 117 Å². The van der Waals surface area contributed by atoms with E-state index >= 15 is 0 Å². The molecule has 3 aliphatic heterocycles. The molecule has 0 spiro atoms. The minimum absolute atomic E-state index is 0.0157. The van der Waals surface area contributed by atoms with Gasteiger partial charge in [0.25, 0.3) is 5.91 Å². The Balaban J connectivity index is 0.663. The predicted octanol–water partition coefficient (Wildman–Crippen LogP) is 8.85. The molecule has 4 aromatic carbocycles. The number of likely N-dealkylation sites (tertiary alicyclic amines) is 2. The molecule has 17 nitrogen and oxygen atoms in total. The van der Waals surface area contributed by atoms with Crippen LogP contribution in [0.4, 0.5) is 5.82 Å². The number of nitrogens with one attached hydrogen (secondary N) is 1. The van der Waals surface area contributed by atoms with Gasteiger partial charge in [0.05, 0.1) is 40.2 Å². The molecule has 402 valence electrons. The van der Waals surface area contributed by atoms with Crippen LogP contribution in [0.1, 0.15) is 92.0 Å². The number of piperidine rings is 1. The summed E-state index contributed by atoms with van der Waals surface area (Å²) in [6.45, 7) is 11.0. The molecule has 0 radical (unpaired) electrons. The second-order valence-corrected chi connectivity index (χ2v) is 21.5. The Morgan fingerprint density at radius 1 is 0.870 bits per heavy atom. The van der Waals surface area contributed by atoms with Crippen LogP contribution in [0.15, 0.2) is 109 Å². The number of rotatable bonds is 22. The Labute approximate surface area is 453 Å². The molecule has 18 heteroatoms. The number of anilines is 1. The minimum atomic E-state index is -0.889. The van der Waals surface area contributed by atoms with Gasteiger partial charge in [0.1, 0.15) is 47.2 Å². The third-order valence-corrected chi connectivity index (χ3v) is 15.9. The number of para-hydroxylation sites is 1. The Morgan fingerprint density at radius 3 is 2.35 bits per heavy atom. The first-order valence-electron chi connectivity index (χ1n) is 26.9. The molecule has 0 bridgehead atoms. The fraction of sp³-hybridized carbons (Fsp3) is 0.407. The highest BCUT2D eigenvalue weighted by atomic mass is 32.1. The number of aliphatic hydroxyl groups is 1. The lowest BCUT2D eigenvalue weighted by Crippen LogP contribution is -2.55. The van der Waals surface area contributed by atoms with E-state index < -0.39 is 18.2 Å². The van der Waals surface area contributed by atoms with Crippen molar-refractivity contribution in [2.24, 2.45) is 5.92 Å². The van der Waals surface area contributed by atoms with E-state index in [1.54, 1.807) is 22.3 Å². The summed E-state index contributed by atoms with van der Waals surface area (Å²) in [5.74, 6) is 1.47. The summed E-state index contributed by atoms with van der Waals surface area (Å²) in [5, 5.41) is 19.7. The van der Waals surface area contributed by atoms with Crippen molar-refractivity contribution < 1.29 is 33.7 Å². The van der Waals surface area contributed by atoms with Gasteiger partial charge >= 0.3 is 0 Å². The number of fused-ring (bicyclic) bond motifs is 2. The van der Waals surface area contributed by atoms with Gasteiger partial charge in [0, 0.05) is 69.0 Å². The molecule has 0 aliphatic carbocycles. The van der Waals surface area contributed by atoms with Gasteiger partial charge in [-0.15, -0.1) is 11.3 Å². The first kappa shape index (κ1) is 53.2. The molecule has 0 unspecified atom stereocenters. The van der Waals surface area contributed by atoms with Crippen LogP contribution >= 0.6 is 11.3 Å². The molecule has 6 heterocycles. The SMILES string of the molecule is Cc1ncsc1-c1ccc(CNC(=O)[C@@H]2C[C@@H](O)CN2C(=O)[C@H](C(C)C)N2Cc3ccccc3C2=O)c(OCCCCOCCCCN2CCC(n3nc(-c4ccc(Oc5ccccc5)cc4)c4c(N)ncnc43)CC2)c1. The lowest BCUT2D eigenvalue weighted by molar-refractivity contribution is -0.143. The molecule has 3 atom stereocenters. The van der Waals surface area contributed by atoms with Crippen molar-refractivity contribution in [3.63, 3.8) is 0 Å². The number of thiazole rings is 1. The number of ether oxygens (including phenoxy) is 3. The molecule has 4 N–H and O–H groups in total. The number of hydrogen-bond donors (Lipinski definition) is 3. The van der Waals surface area contributed by atoms with E-state index in [1.165, 1.54) is 11.2 Å². The average molecular weight is 1060 g/mol. The van der Waals surface area contributed by atoms with Gasteiger partial charge in [0.15, 0.2) is 5.65 Å². The van der Waals surface area contributed by atoms with Crippen molar-refractivity contribution in [2.75, 3.05) is 51.7 Å². The van der Waals surface area contributed by atoms with Crippen molar-refractivity contribution in [3.05, 3.63) is 131 Å². The van der Waals surface area contributed by atoms with E-state index in [4.69, 9.17) is 25.0 Å². The maximum Gasteiger partial charge on any atom is 0.255 e. The minimum Gasteiger partial charge on any atom is -0.493 e. The van der Waals surface area contributed by atoms with Crippen LogP contribution in [0, 0.1) is 12.8 Å². The molecule has 3 amide bonds. The van der Waals surface area contributed by atoms with Gasteiger partial charge < -0.3 is 45.1 Å². The Bertz CT molecular complexity index is 3160. The Hall–Kier alpha value is -7.25. The summed E-state index contributed by atoms with van der Waals surface area (Å²) in [6.07, 6.45) is 6.32. The number of benzene rings is 4. The number of nitrogens with two attached hydrogens (primary N) is 1. The molecule has 2 fully saturated rings. The number of carbonyl (C=O) groups excluding carboxylic acids is 3. The second-order valence-electron chi connectivity index (χ2n) is 20.6. The molecular formula is C59H68N10O7S. The van der Waals surface area contributed by atoms with E-state index in [9.17, 15) is 19.5 Å².